The lowest BCUT2D eigenvalue weighted by molar-refractivity contribution is -0.147. The lowest BCUT2D eigenvalue weighted by atomic mass is 9.84. The van der Waals surface area contributed by atoms with E-state index in [1.807, 2.05) is 0 Å². The van der Waals surface area contributed by atoms with Gasteiger partial charge >= 0.3 is 19.5 Å². The molecule has 0 spiro atoms. The Hall–Kier alpha value is -2.29. The van der Waals surface area contributed by atoms with Crippen LogP contribution in [0.3, 0.4) is 0 Å². The van der Waals surface area contributed by atoms with E-state index < -0.39 is 48.9 Å². The molecule has 0 aliphatic carbocycles. The van der Waals surface area contributed by atoms with Gasteiger partial charge in [0.1, 0.15) is 17.6 Å². The number of aromatic amines is 1. The molecule has 31 heavy (non-hydrogen) atoms. The Morgan fingerprint density at radius 3 is 2.87 bits per heavy atom. The number of nitriles is 1. The standard InChI is InChI=1S/C18H24N3O9P/c1-11(2)28-14(23)5-4-8-26-31(25)27-9-12-15(30-31)18(3,10-19)16(29-12)21-7-6-13(22)20-17(21)24/h6-7,11-12,15-16H,4-5,8-9H2,1-3H3,(H,20,22,24)/t12-,15-,16-,18-,31?/m1/s1. The second-order valence-electron chi connectivity index (χ2n) is 7.68. The van der Waals surface area contributed by atoms with Crippen LogP contribution in [0, 0.1) is 16.7 Å². The highest BCUT2D eigenvalue weighted by atomic mass is 31.2. The molecule has 0 amide bonds. The third-order valence-corrected chi connectivity index (χ3v) is 6.32. The highest BCUT2D eigenvalue weighted by Gasteiger charge is 2.61. The molecule has 5 atom stereocenters. The first-order chi connectivity index (χ1) is 14.6. The Bertz CT molecular complexity index is 1030. The SMILES string of the molecule is CC(C)OC(=O)CCCOP1(=O)OC[C@H]2O[C@@H](n3ccc(=O)[nH]c3=O)[C@](C)(C#N)[C@@H]2O1. The number of hydrogen-bond acceptors (Lipinski definition) is 10. The molecule has 2 fully saturated rings. The lowest BCUT2D eigenvalue weighted by Gasteiger charge is -2.34. The van der Waals surface area contributed by atoms with Crippen LogP contribution < -0.4 is 11.2 Å². The number of hydrogen-bond donors (Lipinski definition) is 1. The van der Waals surface area contributed by atoms with E-state index in [0.29, 0.717) is 0 Å². The zero-order valence-electron chi connectivity index (χ0n) is 17.3. The van der Waals surface area contributed by atoms with E-state index in [0.717, 1.165) is 10.6 Å². The van der Waals surface area contributed by atoms with Gasteiger partial charge in [-0.1, -0.05) is 0 Å². The number of rotatable bonds is 7. The molecule has 1 N–H and O–H groups in total. The number of aromatic nitrogens is 2. The lowest BCUT2D eigenvalue weighted by Crippen LogP contribution is -2.43. The molecule has 0 saturated carbocycles. The molecule has 3 rings (SSSR count). The quantitative estimate of drug-likeness (QED) is 0.358. The second-order valence-corrected chi connectivity index (χ2v) is 9.30. The zero-order chi connectivity index (χ0) is 22.8. The van der Waals surface area contributed by atoms with Crippen LogP contribution >= 0.6 is 7.82 Å². The minimum Gasteiger partial charge on any atom is -0.463 e. The van der Waals surface area contributed by atoms with Gasteiger partial charge in [-0.05, 0) is 27.2 Å². The number of nitrogens with one attached hydrogen (secondary N) is 1. The Morgan fingerprint density at radius 2 is 2.23 bits per heavy atom. The van der Waals surface area contributed by atoms with Crippen molar-refractivity contribution < 1.29 is 32.4 Å². The molecule has 0 bridgehead atoms. The van der Waals surface area contributed by atoms with Crippen molar-refractivity contribution in [3.05, 3.63) is 33.1 Å². The van der Waals surface area contributed by atoms with E-state index >= 15 is 0 Å². The van der Waals surface area contributed by atoms with Crippen LogP contribution in [0.25, 0.3) is 0 Å². The van der Waals surface area contributed by atoms with Gasteiger partial charge in [0.2, 0.25) is 0 Å². The van der Waals surface area contributed by atoms with Gasteiger partial charge in [-0.2, -0.15) is 5.26 Å². The van der Waals surface area contributed by atoms with E-state index in [1.165, 1.54) is 13.1 Å². The molecule has 2 aliphatic heterocycles. The first kappa shape index (κ1) is 23.4. The van der Waals surface area contributed by atoms with Gasteiger partial charge in [0.05, 0.1) is 25.4 Å². The summed E-state index contributed by atoms with van der Waals surface area (Å²) in [5.74, 6) is -0.405. The van der Waals surface area contributed by atoms with Gasteiger partial charge in [-0.15, -0.1) is 0 Å². The van der Waals surface area contributed by atoms with Gasteiger partial charge in [-0.3, -0.25) is 32.7 Å². The summed E-state index contributed by atoms with van der Waals surface area (Å²) in [6, 6.07) is 3.20. The highest BCUT2D eigenvalue weighted by molar-refractivity contribution is 7.48. The van der Waals surface area contributed by atoms with Crippen molar-refractivity contribution in [3.63, 3.8) is 0 Å². The molecule has 1 aromatic heterocycles. The topological polar surface area (TPSA) is 159 Å². The predicted molar refractivity (Wildman–Crippen MR) is 104 cm³/mol. The Morgan fingerprint density at radius 1 is 1.48 bits per heavy atom. The summed E-state index contributed by atoms with van der Waals surface area (Å²) in [4.78, 5) is 37.2. The molecular weight excluding hydrogens is 433 g/mol. The molecule has 1 aromatic rings. The molecule has 13 heteroatoms. The van der Waals surface area contributed by atoms with E-state index in [-0.39, 0.29) is 32.2 Å². The third-order valence-electron chi connectivity index (χ3n) is 4.87. The molecule has 0 radical (unpaired) electrons. The first-order valence-corrected chi connectivity index (χ1v) is 11.2. The van der Waals surface area contributed by atoms with Gasteiger partial charge in [0, 0.05) is 18.7 Å². The average molecular weight is 457 g/mol. The number of esters is 1. The number of phosphoric acid groups is 1. The van der Waals surface area contributed by atoms with Crippen molar-refractivity contribution in [2.45, 2.75) is 58.2 Å². The van der Waals surface area contributed by atoms with Crippen LogP contribution in [0.15, 0.2) is 21.9 Å². The molecular formula is C18H24N3O9P. The fourth-order valence-corrected chi connectivity index (χ4v) is 4.92. The highest BCUT2D eigenvalue weighted by Crippen LogP contribution is 2.60. The van der Waals surface area contributed by atoms with E-state index in [9.17, 15) is 24.2 Å². The van der Waals surface area contributed by atoms with Crippen LogP contribution in [0.1, 0.15) is 39.8 Å². The first-order valence-electron chi connectivity index (χ1n) is 9.73. The predicted octanol–water partition coefficient (Wildman–Crippen LogP) is 1.24. The molecule has 12 nitrogen and oxygen atoms in total. The van der Waals surface area contributed by atoms with Crippen LogP contribution in [0.4, 0.5) is 0 Å². The van der Waals surface area contributed by atoms with Gasteiger partial charge < -0.3 is 9.47 Å². The van der Waals surface area contributed by atoms with Crippen molar-refractivity contribution in [1.29, 1.82) is 5.26 Å². The summed E-state index contributed by atoms with van der Waals surface area (Å²) in [6.45, 7) is 4.68. The van der Waals surface area contributed by atoms with Gasteiger partial charge in [-0.25, -0.2) is 9.36 Å². The molecule has 170 valence electrons. The maximum atomic E-state index is 12.9. The minimum atomic E-state index is -4.03. The van der Waals surface area contributed by atoms with Gasteiger partial charge in [0.25, 0.3) is 5.56 Å². The monoisotopic (exact) mass is 457 g/mol. The van der Waals surface area contributed by atoms with Crippen molar-refractivity contribution in [3.8, 4) is 6.07 Å². The van der Waals surface area contributed by atoms with Crippen molar-refractivity contribution >= 4 is 13.8 Å². The number of carbonyl (C=O) groups is 1. The Balaban J connectivity index is 1.69. The summed E-state index contributed by atoms with van der Waals surface area (Å²) in [5.41, 5.74) is -2.78. The normalized spacial score (nSPS) is 32.4. The Labute approximate surface area is 177 Å². The van der Waals surface area contributed by atoms with Crippen LogP contribution in [0.2, 0.25) is 0 Å². The molecule has 3 heterocycles. The largest absolute Gasteiger partial charge is 0.475 e. The number of H-pyrrole nitrogens is 1. The third kappa shape index (κ3) is 4.97. The fourth-order valence-electron chi connectivity index (χ4n) is 3.41. The molecule has 2 aliphatic rings. The number of carbonyl (C=O) groups excluding carboxylic acids is 1. The number of phosphoric ester groups is 1. The maximum Gasteiger partial charge on any atom is 0.475 e. The zero-order valence-corrected chi connectivity index (χ0v) is 18.2. The van der Waals surface area contributed by atoms with Crippen molar-refractivity contribution in [2.75, 3.05) is 13.2 Å². The number of nitrogens with zero attached hydrogens (tertiary/aromatic N) is 2. The fraction of sp³-hybridized carbons (Fsp3) is 0.667. The maximum absolute atomic E-state index is 12.9. The van der Waals surface area contributed by atoms with E-state index in [1.54, 1.807) is 13.8 Å². The molecule has 0 aromatic carbocycles. The molecule has 2 saturated heterocycles. The number of fused-ring (bicyclic) bond motifs is 1. The van der Waals surface area contributed by atoms with Crippen LogP contribution in [0.5, 0.6) is 0 Å². The number of ether oxygens (including phenoxy) is 2. The second kappa shape index (κ2) is 9.06. The smallest absolute Gasteiger partial charge is 0.463 e. The van der Waals surface area contributed by atoms with Crippen molar-refractivity contribution in [1.82, 2.24) is 9.55 Å². The summed E-state index contributed by atoms with van der Waals surface area (Å²) in [5, 5.41) is 9.84. The van der Waals surface area contributed by atoms with E-state index in [2.05, 4.69) is 11.1 Å². The van der Waals surface area contributed by atoms with E-state index in [4.69, 9.17) is 23.0 Å². The van der Waals surface area contributed by atoms with Crippen molar-refractivity contribution in [2.24, 2.45) is 5.41 Å². The summed E-state index contributed by atoms with van der Waals surface area (Å²) in [6.07, 6.45) is -1.64. The van der Waals surface area contributed by atoms with Crippen LogP contribution in [-0.4, -0.2) is 47.0 Å². The summed E-state index contributed by atoms with van der Waals surface area (Å²) < 4.78 is 40.8. The Kier molecular flexibility index (Phi) is 6.83. The average Bonchev–Trinajstić information content (AvgIpc) is 2.97. The molecule has 1 unspecified atom stereocenters. The minimum absolute atomic E-state index is 0.0699. The van der Waals surface area contributed by atoms with Crippen LogP contribution in [-0.2, 0) is 32.4 Å². The summed E-state index contributed by atoms with van der Waals surface area (Å²) in [7, 11) is -4.03. The summed E-state index contributed by atoms with van der Waals surface area (Å²) >= 11 is 0. The van der Waals surface area contributed by atoms with Gasteiger partial charge in [0.15, 0.2) is 6.23 Å².